The molecule has 0 radical (unpaired) electrons. The molecule has 0 saturated carbocycles. The first kappa shape index (κ1) is 21.9. The summed E-state index contributed by atoms with van der Waals surface area (Å²) in [6.45, 7) is 1.92. The number of nitrogens with zero attached hydrogens (tertiary/aromatic N) is 1. The number of nitrogens with one attached hydrogen (secondary N) is 1. The van der Waals surface area contributed by atoms with E-state index in [0.717, 1.165) is 19.3 Å². The molecule has 9 heteroatoms. The van der Waals surface area contributed by atoms with Gasteiger partial charge in [-0.05, 0) is 55.7 Å². The summed E-state index contributed by atoms with van der Waals surface area (Å²) in [5, 5.41) is 2.44. The molecule has 1 saturated heterocycles. The molecule has 0 spiro atoms. The SMILES string of the molecule is Cc1ccc(NC(=O)COC(=O)c2cccc(S(=O)(=O)N3CCCCC3)c2)cc1F. The second-order valence-electron chi connectivity index (χ2n) is 7.08. The molecule has 0 aromatic heterocycles. The number of hydrogen-bond acceptors (Lipinski definition) is 5. The van der Waals surface area contributed by atoms with Gasteiger partial charge in [0, 0.05) is 18.8 Å². The zero-order valence-electron chi connectivity index (χ0n) is 16.6. The predicted molar refractivity (Wildman–Crippen MR) is 109 cm³/mol. The number of rotatable bonds is 6. The number of halogens is 1. The fraction of sp³-hybridized carbons (Fsp3) is 0.333. The Morgan fingerprint density at radius 1 is 1.10 bits per heavy atom. The number of carbonyl (C=O) groups excluding carboxylic acids is 2. The Morgan fingerprint density at radius 3 is 2.53 bits per heavy atom. The number of carbonyl (C=O) groups is 2. The minimum absolute atomic E-state index is 0.0124. The second kappa shape index (κ2) is 9.36. The summed E-state index contributed by atoms with van der Waals surface area (Å²) in [5.41, 5.74) is 0.717. The fourth-order valence-electron chi connectivity index (χ4n) is 3.12. The summed E-state index contributed by atoms with van der Waals surface area (Å²) in [5.74, 6) is -1.92. The quantitative estimate of drug-likeness (QED) is 0.706. The molecule has 1 fully saturated rings. The van der Waals surface area contributed by atoms with Crippen molar-refractivity contribution in [3.63, 3.8) is 0 Å². The first-order chi connectivity index (χ1) is 14.3. The first-order valence-corrected chi connectivity index (χ1v) is 11.0. The number of hydrogen-bond donors (Lipinski definition) is 1. The predicted octanol–water partition coefficient (Wildman–Crippen LogP) is 3.10. The highest BCUT2D eigenvalue weighted by atomic mass is 32.2. The van der Waals surface area contributed by atoms with Gasteiger partial charge in [-0.25, -0.2) is 17.6 Å². The Hall–Kier alpha value is -2.78. The highest BCUT2D eigenvalue weighted by Crippen LogP contribution is 2.21. The van der Waals surface area contributed by atoms with Crippen molar-refractivity contribution in [2.45, 2.75) is 31.1 Å². The minimum atomic E-state index is -3.69. The number of benzene rings is 2. The Morgan fingerprint density at radius 2 is 1.83 bits per heavy atom. The van der Waals surface area contributed by atoms with Crippen LogP contribution in [0.15, 0.2) is 47.4 Å². The number of ether oxygens (including phenoxy) is 1. The van der Waals surface area contributed by atoms with Crippen molar-refractivity contribution in [3.8, 4) is 0 Å². The van der Waals surface area contributed by atoms with Crippen LogP contribution in [0.5, 0.6) is 0 Å². The summed E-state index contributed by atoms with van der Waals surface area (Å²) in [7, 11) is -3.69. The van der Waals surface area contributed by atoms with Gasteiger partial charge in [-0.15, -0.1) is 0 Å². The molecule has 0 aliphatic carbocycles. The van der Waals surface area contributed by atoms with E-state index in [-0.39, 0.29) is 16.1 Å². The average molecular weight is 434 g/mol. The van der Waals surface area contributed by atoms with Gasteiger partial charge in [0.1, 0.15) is 5.82 Å². The van der Waals surface area contributed by atoms with Gasteiger partial charge in [-0.3, -0.25) is 4.79 Å². The summed E-state index contributed by atoms with van der Waals surface area (Å²) in [6, 6.07) is 9.79. The van der Waals surface area contributed by atoms with Crippen LogP contribution in [0, 0.1) is 12.7 Å². The lowest BCUT2D eigenvalue weighted by atomic mass is 10.2. The zero-order chi connectivity index (χ0) is 21.7. The average Bonchev–Trinajstić information content (AvgIpc) is 2.75. The molecule has 2 aromatic rings. The van der Waals surface area contributed by atoms with Gasteiger partial charge in [-0.2, -0.15) is 4.31 Å². The molecule has 1 heterocycles. The van der Waals surface area contributed by atoms with E-state index < -0.39 is 34.3 Å². The van der Waals surface area contributed by atoms with Gasteiger partial charge in [0.15, 0.2) is 6.61 Å². The molecule has 1 amide bonds. The first-order valence-electron chi connectivity index (χ1n) is 9.61. The largest absolute Gasteiger partial charge is 0.452 e. The van der Waals surface area contributed by atoms with E-state index in [1.807, 2.05) is 0 Å². The molecule has 0 atom stereocenters. The highest BCUT2D eigenvalue weighted by molar-refractivity contribution is 7.89. The van der Waals surface area contributed by atoms with Crippen molar-refractivity contribution in [2.24, 2.45) is 0 Å². The topological polar surface area (TPSA) is 92.8 Å². The Balaban J connectivity index is 1.62. The number of piperidine rings is 1. The molecule has 1 aliphatic rings. The van der Waals surface area contributed by atoms with Crippen molar-refractivity contribution in [1.82, 2.24) is 4.31 Å². The van der Waals surface area contributed by atoms with Gasteiger partial charge >= 0.3 is 5.97 Å². The van der Waals surface area contributed by atoms with Crippen molar-refractivity contribution in [3.05, 3.63) is 59.4 Å². The standard InChI is InChI=1S/C21H23FN2O5S/c1-15-8-9-17(13-19(15)22)23-20(25)14-29-21(26)16-6-5-7-18(12-16)30(27,28)24-10-3-2-4-11-24/h5-9,12-13H,2-4,10-11,14H2,1H3,(H,23,25). The van der Waals surface area contributed by atoms with E-state index in [4.69, 9.17) is 4.74 Å². The van der Waals surface area contributed by atoms with Gasteiger partial charge in [0.05, 0.1) is 10.5 Å². The van der Waals surface area contributed by atoms with Crippen LogP contribution in [-0.4, -0.2) is 44.3 Å². The number of aryl methyl sites for hydroxylation is 1. The van der Waals surface area contributed by atoms with Crippen molar-refractivity contribution in [1.29, 1.82) is 0 Å². The van der Waals surface area contributed by atoms with Gasteiger partial charge in [0.25, 0.3) is 5.91 Å². The van der Waals surface area contributed by atoms with E-state index in [2.05, 4.69) is 5.32 Å². The van der Waals surface area contributed by atoms with Crippen LogP contribution >= 0.6 is 0 Å². The summed E-state index contributed by atoms with van der Waals surface area (Å²) in [4.78, 5) is 24.3. The molecule has 3 rings (SSSR count). The monoisotopic (exact) mass is 434 g/mol. The maximum atomic E-state index is 13.5. The summed E-state index contributed by atoms with van der Waals surface area (Å²) < 4.78 is 45.5. The molecule has 0 bridgehead atoms. The lowest BCUT2D eigenvalue weighted by Crippen LogP contribution is -2.35. The molecular formula is C21H23FN2O5S. The van der Waals surface area contributed by atoms with E-state index in [1.54, 1.807) is 6.92 Å². The van der Waals surface area contributed by atoms with E-state index >= 15 is 0 Å². The van der Waals surface area contributed by atoms with Gasteiger partial charge in [0.2, 0.25) is 10.0 Å². The number of sulfonamides is 1. The lowest BCUT2D eigenvalue weighted by molar-refractivity contribution is -0.119. The Labute approximate surface area is 174 Å². The Bertz CT molecular complexity index is 1050. The van der Waals surface area contributed by atoms with Crippen LogP contribution in [0.4, 0.5) is 10.1 Å². The van der Waals surface area contributed by atoms with Crippen LogP contribution < -0.4 is 5.32 Å². The van der Waals surface area contributed by atoms with E-state index in [1.165, 1.54) is 46.8 Å². The molecule has 1 N–H and O–H groups in total. The molecule has 2 aromatic carbocycles. The Kier molecular flexibility index (Phi) is 6.84. The van der Waals surface area contributed by atoms with Crippen molar-refractivity contribution in [2.75, 3.05) is 25.0 Å². The number of amides is 1. The third-order valence-electron chi connectivity index (χ3n) is 4.81. The molecule has 1 aliphatic heterocycles. The number of esters is 1. The van der Waals surface area contributed by atoms with Crippen LogP contribution in [0.2, 0.25) is 0 Å². The molecular weight excluding hydrogens is 411 g/mol. The van der Waals surface area contributed by atoms with Crippen LogP contribution in [-0.2, 0) is 19.6 Å². The molecule has 7 nitrogen and oxygen atoms in total. The van der Waals surface area contributed by atoms with Crippen LogP contribution in [0.3, 0.4) is 0 Å². The summed E-state index contributed by atoms with van der Waals surface area (Å²) in [6.07, 6.45) is 2.61. The molecule has 160 valence electrons. The normalized spacial score (nSPS) is 14.9. The smallest absolute Gasteiger partial charge is 0.338 e. The fourth-order valence-corrected chi connectivity index (χ4v) is 4.68. The van der Waals surface area contributed by atoms with Crippen LogP contribution in [0.1, 0.15) is 35.2 Å². The lowest BCUT2D eigenvalue weighted by Gasteiger charge is -2.25. The van der Waals surface area contributed by atoms with Crippen molar-refractivity contribution >= 4 is 27.6 Å². The third kappa shape index (κ3) is 5.22. The second-order valence-corrected chi connectivity index (χ2v) is 9.02. The van der Waals surface area contributed by atoms with Crippen LogP contribution in [0.25, 0.3) is 0 Å². The van der Waals surface area contributed by atoms with E-state index in [9.17, 15) is 22.4 Å². The zero-order valence-corrected chi connectivity index (χ0v) is 17.4. The minimum Gasteiger partial charge on any atom is -0.452 e. The summed E-state index contributed by atoms with van der Waals surface area (Å²) >= 11 is 0. The maximum absolute atomic E-state index is 13.5. The third-order valence-corrected chi connectivity index (χ3v) is 6.71. The maximum Gasteiger partial charge on any atom is 0.338 e. The van der Waals surface area contributed by atoms with Gasteiger partial charge in [-0.1, -0.05) is 18.6 Å². The molecule has 0 unspecified atom stereocenters. The number of anilines is 1. The van der Waals surface area contributed by atoms with Gasteiger partial charge < -0.3 is 10.1 Å². The molecule has 30 heavy (non-hydrogen) atoms. The van der Waals surface area contributed by atoms with Crippen molar-refractivity contribution < 1.29 is 27.1 Å². The van der Waals surface area contributed by atoms with E-state index in [0.29, 0.717) is 18.7 Å². The highest BCUT2D eigenvalue weighted by Gasteiger charge is 2.26.